The van der Waals surface area contributed by atoms with Crippen molar-refractivity contribution in [3.8, 4) is 0 Å². The van der Waals surface area contributed by atoms with E-state index in [-0.39, 0.29) is 0 Å². The van der Waals surface area contributed by atoms with Crippen molar-refractivity contribution in [3.63, 3.8) is 0 Å². The Balaban J connectivity index is 3.17. The lowest BCUT2D eigenvalue weighted by Crippen LogP contribution is -2.40. The van der Waals surface area contributed by atoms with Gasteiger partial charge in [-0.15, -0.1) is 0 Å². The molecular formula is C7H9ClN+. The fraction of sp³-hybridized carbons (Fsp3) is 0.143. The molecule has 0 bridgehead atoms. The molecule has 9 heavy (non-hydrogen) atoms. The standard InChI is InChI=1S/C7H8ClN/c1-5-4-6(9)2-3-7(5)8/h2-4H,9H2,1H3/p+1. The Labute approximate surface area is 59.4 Å². The van der Waals surface area contributed by atoms with Gasteiger partial charge in [0.1, 0.15) is 5.69 Å². The molecule has 1 nitrogen and oxygen atoms in total. The maximum absolute atomic E-state index is 5.75. The Morgan fingerprint density at radius 2 is 2.11 bits per heavy atom. The van der Waals surface area contributed by atoms with Crippen LogP contribution in [0.4, 0.5) is 5.69 Å². The Kier molecular flexibility index (Phi) is 1.74. The third-order valence-corrected chi connectivity index (χ3v) is 1.65. The molecule has 0 aliphatic carbocycles. The minimum atomic E-state index is 0.808. The molecule has 1 rings (SSSR count). The highest BCUT2D eigenvalue weighted by Gasteiger charge is 1.94. The second kappa shape index (κ2) is 2.38. The van der Waals surface area contributed by atoms with Crippen LogP contribution in [0.3, 0.4) is 0 Å². The summed E-state index contributed by atoms with van der Waals surface area (Å²) >= 11 is 5.75. The fourth-order valence-corrected chi connectivity index (χ4v) is 0.824. The van der Waals surface area contributed by atoms with E-state index >= 15 is 0 Å². The number of rotatable bonds is 0. The summed E-state index contributed by atoms with van der Waals surface area (Å²) in [7, 11) is 0. The fourth-order valence-electron chi connectivity index (χ4n) is 0.707. The van der Waals surface area contributed by atoms with Crippen LogP contribution in [-0.4, -0.2) is 0 Å². The molecule has 0 saturated heterocycles. The van der Waals surface area contributed by atoms with Gasteiger partial charge in [-0.05, 0) is 18.6 Å². The average molecular weight is 143 g/mol. The maximum Gasteiger partial charge on any atom is 0.128 e. The van der Waals surface area contributed by atoms with Gasteiger partial charge in [-0.2, -0.15) is 0 Å². The molecule has 0 radical (unpaired) electrons. The van der Waals surface area contributed by atoms with Gasteiger partial charge in [0.2, 0.25) is 0 Å². The van der Waals surface area contributed by atoms with Crippen LogP contribution < -0.4 is 5.73 Å². The summed E-state index contributed by atoms with van der Waals surface area (Å²) in [6, 6.07) is 5.72. The molecule has 0 atom stereocenters. The predicted molar refractivity (Wildman–Crippen MR) is 38.7 cm³/mol. The summed E-state index contributed by atoms with van der Waals surface area (Å²) < 4.78 is 0. The molecular weight excluding hydrogens is 134 g/mol. The van der Waals surface area contributed by atoms with Crippen molar-refractivity contribution in [2.75, 3.05) is 0 Å². The van der Waals surface area contributed by atoms with Crippen LogP contribution in [-0.2, 0) is 0 Å². The molecule has 48 valence electrons. The van der Waals surface area contributed by atoms with E-state index < -0.39 is 0 Å². The molecule has 1 aromatic carbocycles. The van der Waals surface area contributed by atoms with Crippen LogP contribution in [0.2, 0.25) is 5.02 Å². The normalized spacial score (nSPS) is 9.67. The first-order valence-electron chi connectivity index (χ1n) is 2.78. The topological polar surface area (TPSA) is 27.6 Å². The van der Waals surface area contributed by atoms with Crippen molar-refractivity contribution < 1.29 is 5.73 Å². The van der Waals surface area contributed by atoms with Crippen molar-refractivity contribution in [1.29, 1.82) is 0 Å². The van der Waals surface area contributed by atoms with Crippen LogP contribution in [0.5, 0.6) is 0 Å². The van der Waals surface area contributed by atoms with Gasteiger partial charge in [0, 0.05) is 17.2 Å². The lowest BCUT2D eigenvalue weighted by Gasteiger charge is -1.93. The zero-order valence-corrected chi connectivity index (χ0v) is 6.07. The number of hydrogen-bond acceptors (Lipinski definition) is 0. The maximum atomic E-state index is 5.75. The molecule has 0 aliphatic heterocycles. The van der Waals surface area contributed by atoms with Crippen molar-refractivity contribution in [3.05, 3.63) is 28.8 Å². The molecule has 0 aromatic heterocycles. The molecule has 0 fully saturated rings. The van der Waals surface area contributed by atoms with Gasteiger partial charge in [0.15, 0.2) is 0 Å². The van der Waals surface area contributed by atoms with Crippen LogP contribution in [0.1, 0.15) is 5.56 Å². The van der Waals surface area contributed by atoms with Gasteiger partial charge < -0.3 is 5.73 Å². The summed E-state index contributed by atoms with van der Waals surface area (Å²) in [5, 5.41) is 0.808. The van der Waals surface area contributed by atoms with Crippen LogP contribution in [0, 0.1) is 6.92 Å². The monoisotopic (exact) mass is 142 g/mol. The first kappa shape index (κ1) is 6.59. The molecule has 0 saturated carbocycles. The first-order chi connectivity index (χ1) is 4.20. The van der Waals surface area contributed by atoms with Gasteiger partial charge in [-0.3, -0.25) is 0 Å². The van der Waals surface area contributed by atoms with Crippen molar-refractivity contribution >= 4 is 17.3 Å². The zero-order valence-electron chi connectivity index (χ0n) is 5.32. The number of benzene rings is 1. The molecule has 0 amide bonds. The van der Waals surface area contributed by atoms with Crippen molar-refractivity contribution in [1.82, 2.24) is 0 Å². The van der Waals surface area contributed by atoms with E-state index in [0.29, 0.717) is 0 Å². The molecule has 0 spiro atoms. The second-order valence-corrected chi connectivity index (χ2v) is 2.49. The lowest BCUT2D eigenvalue weighted by molar-refractivity contribution is -0.254. The van der Waals surface area contributed by atoms with Gasteiger partial charge in [0.05, 0.1) is 0 Å². The third-order valence-electron chi connectivity index (χ3n) is 1.22. The number of halogens is 1. The van der Waals surface area contributed by atoms with E-state index in [1.807, 2.05) is 25.1 Å². The van der Waals surface area contributed by atoms with Gasteiger partial charge in [-0.25, -0.2) is 0 Å². The summed E-state index contributed by atoms with van der Waals surface area (Å²) in [4.78, 5) is 0. The van der Waals surface area contributed by atoms with E-state index in [4.69, 9.17) is 11.6 Å². The van der Waals surface area contributed by atoms with Gasteiger partial charge in [-0.1, -0.05) is 11.6 Å². The molecule has 0 unspecified atom stereocenters. The van der Waals surface area contributed by atoms with E-state index in [9.17, 15) is 0 Å². The highest BCUT2D eigenvalue weighted by Crippen LogP contribution is 2.15. The van der Waals surface area contributed by atoms with Gasteiger partial charge >= 0.3 is 0 Å². The van der Waals surface area contributed by atoms with Crippen molar-refractivity contribution in [2.45, 2.75) is 6.92 Å². The molecule has 2 heteroatoms. The van der Waals surface area contributed by atoms with Crippen LogP contribution in [0.15, 0.2) is 18.2 Å². The lowest BCUT2D eigenvalue weighted by atomic mass is 10.2. The third kappa shape index (κ3) is 1.44. The Morgan fingerprint density at radius 1 is 1.44 bits per heavy atom. The molecule has 1 aromatic rings. The highest BCUT2D eigenvalue weighted by atomic mass is 35.5. The summed E-state index contributed by atoms with van der Waals surface area (Å²) in [6.07, 6.45) is 0. The largest absolute Gasteiger partial charge is 0.325 e. The van der Waals surface area contributed by atoms with Gasteiger partial charge in [0.25, 0.3) is 0 Å². The average Bonchev–Trinajstić information content (AvgIpc) is 1.80. The number of hydrogen-bond donors (Lipinski definition) is 1. The van der Waals surface area contributed by atoms with E-state index in [1.54, 1.807) is 0 Å². The minimum absolute atomic E-state index is 0.808. The smallest absolute Gasteiger partial charge is 0.128 e. The predicted octanol–water partition coefficient (Wildman–Crippen LogP) is 1.52. The second-order valence-electron chi connectivity index (χ2n) is 2.08. The summed E-state index contributed by atoms with van der Waals surface area (Å²) in [5.41, 5.74) is 5.86. The van der Waals surface area contributed by atoms with E-state index in [2.05, 4.69) is 5.73 Å². The number of quaternary nitrogens is 1. The van der Waals surface area contributed by atoms with Crippen LogP contribution >= 0.6 is 11.6 Å². The molecule has 3 N–H and O–H groups in total. The highest BCUT2D eigenvalue weighted by molar-refractivity contribution is 6.31. The minimum Gasteiger partial charge on any atom is -0.325 e. The molecule has 0 aliphatic rings. The zero-order chi connectivity index (χ0) is 6.85. The SMILES string of the molecule is Cc1cc([NH3+])ccc1Cl. The summed E-state index contributed by atoms with van der Waals surface area (Å²) in [6.45, 7) is 1.97. The Hall–Kier alpha value is -0.530. The quantitative estimate of drug-likeness (QED) is 0.569. The van der Waals surface area contributed by atoms with E-state index in [0.717, 1.165) is 16.3 Å². The molecule has 0 heterocycles. The van der Waals surface area contributed by atoms with E-state index in [1.165, 1.54) is 0 Å². The first-order valence-corrected chi connectivity index (χ1v) is 3.16. The van der Waals surface area contributed by atoms with Crippen LogP contribution in [0.25, 0.3) is 0 Å². The Bertz CT molecular complexity index is 220. The Morgan fingerprint density at radius 3 is 2.56 bits per heavy atom. The van der Waals surface area contributed by atoms with Crippen molar-refractivity contribution in [2.24, 2.45) is 0 Å². The number of aryl methyl sites for hydroxylation is 1. The summed E-state index contributed by atoms with van der Waals surface area (Å²) in [5.74, 6) is 0.